The van der Waals surface area contributed by atoms with Crippen molar-refractivity contribution < 1.29 is 17.9 Å². The summed E-state index contributed by atoms with van der Waals surface area (Å²) in [7, 11) is -3.99. The molecule has 27 heavy (non-hydrogen) atoms. The predicted molar refractivity (Wildman–Crippen MR) is 106 cm³/mol. The van der Waals surface area contributed by atoms with E-state index < -0.39 is 16.0 Å². The van der Waals surface area contributed by atoms with Crippen LogP contribution >= 0.6 is 34.5 Å². The Hall–Kier alpha value is -1.87. The molecule has 0 spiro atoms. The quantitative estimate of drug-likeness (QED) is 0.559. The zero-order chi connectivity index (χ0) is 19.6. The Morgan fingerprint density at radius 1 is 1.15 bits per heavy atom. The first-order valence-corrected chi connectivity index (χ1v) is 10.8. The van der Waals surface area contributed by atoms with E-state index in [1.54, 1.807) is 25.1 Å². The van der Waals surface area contributed by atoms with Crippen LogP contribution in [0.4, 0.5) is 0 Å². The van der Waals surface area contributed by atoms with E-state index >= 15 is 0 Å². The van der Waals surface area contributed by atoms with E-state index in [2.05, 4.69) is 4.40 Å². The van der Waals surface area contributed by atoms with Crippen LogP contribution in [0.1, 0.15) is 6.92 Å². The molecule has 0 atom stereocenters. The van der Waals surface area contributed by atoms with Crippen molar-refractivity contribution in [2.75, 3.05) is 6.61 Å². The molecule has 10 heteroatoms. The minimum absolute atomic E-state index is 0.00470. The van der Waals surface area contributed by atoms with Crippen molar-refractivity contribution in [3.8, 4) is 0 Å². The number of nitrogens with zero attached hydrogens (tertiary/aromatic N) is 2. The molecular formula is C17H14Cl2N2O4S2. The van der Waals surface area contributed by atoms with E-state index in [9.17, 15) is 13.2 Å². The number of carbonyl (C=O) groups excluding carboxylic acids is 1. The lowest BCUT2D eigenvalue weighted by Crippen LogP contribution is -2.23. The van der Waals surface area contributed by atoms with Crippen molar-refractivity contribution in [3.05, 3.63) is 57.3 Å². The minimum Gasteiger partial charge on any atom is -0.465 e. The van der Waals surface area contributed by atoms with Crippen LogP contribution in [0.25, 0.3) is 10.2 Å². The summed E-state index contributed by atoms with van der Waals surface area (Å²) in [4.78, 5) is 12.1. The van der Waals surface area contributed by atoms with E-state index in [0.717, 1.165) is 11.3 Å². The van der Waals surface area contributed by atoms with Gasteiger partial charge >= 0.3 is 5.97 Å². The maximum atomic E-state index is 12.7. The zero-order valence-electron chi connectivity index (χ0n) is 14.1. The highest BCUT2D eigenvalue weighted by atomic mass is 35.5. The number of sulfonamides is 1. The van der Waals surface area contributed by atoms with Gasteiger partial charge in [-0.1, -0.05) is 34.5 Å². The molecule has 3 rings (SSSR count). The Balaban J connectivity index is 2.18. The number of esters is 1. The molecule has 2 aromatic carbocycles. The van der Waals surface area contributed by atoms with Crippen molar-refractivity contribution in [1.82, 2.24) is 4.57 Å². The van der Waals surface area contributed by atoms with Crippen LogP contribution in [0, 0.1) is 0 Å². The van der Waals surface area contributed by atoms with Crippen molar-refractivity contribution in [2.45, 2.75) is 18.4 Å². The van der Waals surface area contributed by atoms with Crippen LogP contribution in [0.15, 0.2) is 51.8 Å². The first kappa shape index (κ1) is 19.9. The molecule has 0 N–H and O–H groups in total. The van der Waals surface area contributed by atoms with Gasteiger partial charge in [0.1, 0.15) is 6.54 Å². The smallest absolute Gasteiger partial charge is 0.326 e. The molecular weight excluding hydrogens is 431 g/mol. The maximum Gasteiger partial charge on any atom is 0.326 e. The molecule has 3 aromatic rings. The predicted octanol–water partition coefficient (Wildman–Crippen LogP) is 3.86. The van der Waals surface area contributed by atoms with Gasteiger partial charge in [0.25, 0.3) is 10.0 Å². The van der Waals surface area contributed by atoms with Gasteiger partial charge < -0.3 is 9.30 Å². The highest BCUT2D eigenvalue weighted by Gasteiger charge is 2.16. The summed E-state index contributed by atoms with van der Waals surface area (Å²) in [6.45, 7) is 1.76. The molecule has 1 aromatic heterocycles. The standard InChI is InChI=1S/C17H14Cl2N2O4S2/c1-2-25-16(22)10-21-14-8-5-12(19)9-15(14)26-17(21)20-27(23,24)13-6-3-11(18)4-7-13/h3-9H,2,10H2,1H3/b20-17-. The summed E-state index contributed by atoms with van der Waals surface area (Å²) in [5.41, 5.74) is 0.641. The average Bonchev–Trinajstić information content (AvgIpc) is 2.91. The van der Waals surface area contributed by atoms with Gasteiger partial charge in [-0.2, -0.15) is 8.42 Å². The largest absolute Gasteiger partial charge is 0.465 e. The van der Waals surface area contributed by atoms with E-state index in [-0.39, 0.29) is 22.8 Å². The van der Waals surface area contributed by atoms with Gasteiger partial charge in [0.15, 0.2) is 0 Å². The lowest BCUT2D eigenvalue weighted by Gasteiger charge is -2.05. The molecule has 0 saturated heterocycles. The second-order valence-corrected chi connectivity index (χ2v) is 8.89. The number of rotatable bonds is 5. The molecule has 0 amide bonds. The monoisotopic (exact) mass is 444 g/mol. The lowest BCUT2D eigenvalue weighted by molar-refractivity contribution is -0.143. The Morgan fingerprint density at radius 3 is 2.48 bits per heavy atom. The number of thiazole rings is 1. The Bertz CT molecular complexity index is 1170. The minimum atomic E-state index is -3.99. The second-order valence-electron chi connectivity index (χ2n) is 5.41. The first-order chi connectivity index (χ1) is 12.8. The summed E-state index contributed by atoms with van der Waals surface area (Å²) in [6.07, 6.45) is 0. The summed E-state index contributed by atoms with van der Waals surface area (Å²) >= 11 is 13.0. The summed E-state index contributed by atoms with van der Waals surface area (Å²) in [6, 6.07) is 10.8. The number of carbonyl (C=O) groups is 1. The van der Waals surface area contributed by atoms with E-state index in [4.69, 9.17) is 27.9 Å². The molecule has 0 radical (unpaired) electrons. The SMILES string of the molecule is CCOC(=O)Cn1/c(=N/S(=O)(=O)c2ccc(Cl)cc2)sc2cc(Cl)ccc21. The van der Waals surface area contributed by atoms with Crippen LogP contribution in [-0.4, -0.2) is 25.6 Å². The topological polar surface area (TPSA) is 77.7 Å². The molecule has 1 heterocycles. The molecule has 0 aliphatic heterocycles. The van der Waals surface area contributed by atoms with Crippen LogP contribution in [0.2, 0.25) is 10.0 Å². The highest BCUT2D eigenvalue weighted by molar-refractivity contribution is 7.90. The van der Waals surface area contributed by atoms with E-state index in [1.165, 1.54) is 28.8 Å². The third-order valence-corrected chi connectivity index (χ3v) is 6.47. The molecule has 0 aliphatic rings. The van der Waals surface area contributed by atoms with Gasteiger partial charge in [0.05, 0.1) is 21.7 Å². The van der Waals surface area contributed by atoms with Gasteiger partial charge in [0.2, 0.25) is 4.80 Å². The fraction of sp³-hybridized carbons (Fsp3) is 0.176. The van der Waals surface area contributed by atoms with Crippen molar-refractivity contribution in [3.63, 3.8) is 0 Å². The molecule has 0 aliphatic carbocycles. The number of hydrogen-bond acceptors (Lipinski definition) is 5. The molecule has 0 bridgehead atoms. The molecule has 0 fully saturated rings. The second kappa shape index (κ2) is 8.02. The number of halogens is 2. The highest BCUT2D eigenvalue weighted by Crippen LogP contribution is 2.23. The number of hydrogen-bond donors (Lipinski definition) is 0. The fourth-order valence-corrected chi connectivity index (χ4v) is 5.00. The number of ether oxygens (including phenoxy) is 1. The normalized spacial score (nSPS) is 12.5. The van der Waals surface area contributed by atoms with Crippen LogP contribution in [-0.2, 0) is 26.1 Å². The van der Waals surface area contributed by atoms with E-state index in [0.29, 0.717) is 20.3 Å². The molecule has 6 nitrogen and oxygen atoms in total. The van der Waals surface area contributed by atoms with Gasteiger partial charge in [-0.15, -0.1) is 4.40 Å². The third kappa shape index (κ3) is 4.52. The fourth-order valence-electron chi connectivity index (χ4n) is 2.37. The third-order valence-electron chi connectivity index (χ3n) is 3.55. The number of fused-ring (bicyclic) bond motifs is 1. The lowest BCUT2D eigenvalue weighted by atomic mass is 10.3. The van der Waals surface area contributed by atoms with Gasteiger partial charge in [0, 0.05) is 10.0 Å². The summed E-state index contributed by atoms with van der Waals surface area (Å²) in [5, 5.41) is 0.918. The molecule has 142 valence electrons. The van der Waals surface area contributed by atoms with Gasteiger partial charge in [-0.25, -0.2) is 0 Å². The van der Waals surface area contributed by atoms with Crippen molar-refractivity contribution >= 4 is 60.7 Å². The number of aromatic nitrogens is 1. The summed E-state index contributed by atoms with van der Waals surface area (Å²) in [5.74, 6) is -0.488. The van der Waals surface area contributed by atoms with Gasteiger partial charge in [-0.05, 0) is 49.4 Å². The van der Waals surface area contributed by atoms with Gasteiger partial charge in [-0.3, -0.25) is 4.79 Å². The van der Waals surface area contributed by atoms with Crippen LogP contribution in [0.3, 0.4) is 0 Å². The molecule has 0 saturated carbocycles. The Kier molecular flexibility index (Phi) is 5.90. The van der Waals surface area contributed by atoms with Crippen molar-refractivity contribution in [2.24, 2.45) is 4.40 Å². The molecule has 0 unspecified atom stereocenters. The van der Waals surface area contributed by atoms with E-state index in [1.807, 2.05) is 0 Å². The number of benzene rings is 2. The maximum absolute atomic E-state index is 12.7. The Labute approximate surface area is 169 Å². The average molecular weight is 445 g/mol. The first-order valence-electron chi connectivity index (χ1n) is 7.81. The Morgan fingerprint density at radius 2 is 1.81 bits per heavy atom. The van der Waals surface area contributed by atoms with Crippen molar-refractivity contribution in [1.29, 1.82) is 0 Å². The summed E-state index contributed by atoms with van der Waals surface area (Å²) < 4.78 is 36.4. The van der Waals surface area contributed by atoms with Crippen LogP contribution in [0.5, 0.6) is 0 Å². The van der Waals surface area contributed by atoms with Crippen LogP contribution < -0.4 is 4.80 Å². The zero-order valence-corrected chi connectivity index (χ0v) is 17.2.